The van der Waals surface area contributed by atoms with E-state index in [0.717, 1.165) is 25.7 Å². The van der Waals surface area contributed by atoms with Crippen molar-refractivity contribution in [3.63, 3.8) is 0 Å². The Kier molecular flexibility index (Phi) is 4.66. The largest absolute Gasteiger partial charge is 0.460 e. The molecule has 80 valence electrons. The van der Waals surface area contributed by atoms with Gasteiger partial charge in [-0.3, -0.25) is 0 Å². The molecular weight excluding hydrogens is 180 g/mol. The number of aliphatic hydroxyl groups is 1. The van der Waals surface area contributed by atoms with Gasteiger partial charge in [0, 0.05) is 0 Å². The number of hydrogen-bond donors (Lipinski definition) is 1. The van der Waals surface area contributed by atoms with Crippen LogP contribution in [0.1, 0.15) is 32.1 Å². The van der Waals surface area contributed by atoms with Crippen LogP contribution in [-0.4, -0.2) is 23.8 Å². The summed E-state index contributed by atoms with van der Waals surface area (Å²) in [7, 11) is 0. The average Bonchev–Trinajstić information content (AvgIpc) is 2.26. The number of ether oxygens (including phenoxy) is 1. The van der Waals surface area contributed by atoms with Crippen LogP contribution in [0.3, 0.4) is 0 Å². The van der Waals surface area contributed by atoms with Crippen molar-refractivity contribution >= 4 is 5.97 Å². The van der Waals surface area contributed by atoms with Crippen LogP contribution in [0.5, 0.6) is 0 Å². The predicted octanol–water partition coefficient (Wildman–Crippen LogP) is 1.66. The first-order valence-electron chi connectivity index (χ1n) is 5.21. The first-order valence-corrected chi connectivity index (χ1v) is 5.21. The van der Waals surface area contributed by atoms with Gasteiger partial charge in [-0.15, -0.1) is 0 Å². The van der Waals surface area contributed by atoms with E-state index in [1.807, 2.05) is 0 Å². The second-order valence-electron chi connectivity index (χ2n) is 3.76. The van der Waals surface area contributed by atoms with Crippen LogP contribution in [0, 0.1) is 5.92 Å². The van der Waals surface area contributed by atoms with Gasteiger partial charge in [-0.25, -0.2) is 4.79 Å². The summed E-state index contributed by atoms with van der Waals surface area (Å²) in [6, 6.07) is 0. The minimum atomic E-state index is -0.935. The fourth-order valence-electron chi connectivity index (χ4n) is 1.87. The summed E-state index contributed by atoms with van der Waals surface area (Å²) in [5.41, 5.74) is 0. The van der Waals surface area contributed by atoms with Gasteiger partial charge < -0.3 is 9.84 Å². The van der Waals surface area contributed by atoms with Gasteiger partial charge >= 0.3 is 5.97 Å². The predicted molar refractivity (Wildman–Crippen MR) is 53.7 cm³/mol. The van der Waals surface area contributed by atoms with Crippen LogP contribution in [0.25, 0.3) is 0 Å². The van der Waals surface area contributed by atoms with Gasteiger partial charge in [-0.05, 0) is 18.8 Å². The minimum absolute atomic E-state index is 0.0982. The van der Waals surface area contributed by atoms with Crippen molar-refractivity contribution < 1.29 is 14.6 Å². The summed E-state index contributed by atoms with van der Waals surface area (Å²) in [5.74, 6) is -0.405. The molecule has 0 spiro atoms. The van der Waals surface area contributed by atoms with Crippen LogP contribution in [0.4, 0.5) is 0 Å². The number of esters is 1. The Morgan fingerprint density at radius 2 is 2.14 bits per heavy atom. The summed E-state index contributed by atoms with van der Waals surface area (Å²) < 4.78 is 4.80. The van der Waals surface area contributed by atoms with E-state index in [9.17, 15) is 9.90 Å². The first-order chi connectivity index (χ1) is 6.75. The van der Waals surface area contributed by atoms with Crippen LogP contribution in [-0.2, 0) is 9.53 Å². The zero-order chi connectivity index (χ0) is 10.4. The molecule has 0 radical (unpaired) electrons. The summed E-state index contributed by atoms with van der Waals surface area (Å²) in [4.78, 5) is 11.3. The molecule has 0 aromatic heterocycles. The number of aliphatic hydroxyl groups excluding tert-OH is 1. The lowest BCUT2D eigenvalue weighted by atomic mass is 9.85. The Morgan fingerprint density at radius 1 is 1.50 bits per heavy atom. The Hall–Kier alpha value is -0.830. The van der Waals surface area contributed by atoms with E-state index >= 15 is 0 Å². The molecule has 0 saturated heterocycles. The number of carbonyl (C=O) groups excluding carboxylic acids is 1. The monoisotopic (exact) mass is 198 g/mol. The number of hydrogen-bond acceptors (Lipinski definition) is 3. The van der Waals surface area contributed by atoms with Crippen LogP contribution < -0.4 is 0 Å². The molecule has 1 aliphatic carbocycles. The molecule has 1 unspecified atom stereocenters. The second kappa shape index (κ2) is 5.81. The molecule has 0 amide bonds. The molecule has 0 aromatic rings. The maximum Gasteiger partial charge on any atom is 0.335 e. The standard InChI is InChI=1S/C11H18O3/c1-2-8-14-11(13)10(12)9-6-4-3-5-7-9/h2,9-10,12H,1,3-8H2. The zero-order valence-corrected chi connectivity index (χ0v) is 8.45. The Morgan fingerprint density at radius 3 is 2.71 bits per heavy atom. The summed E-state index contributed by atoms with van der Waals surface area (Å²) in [5, 5.41) is 9.66. The molecule has 1 rings (SSSR count). The van der Waals surface area contributed by atoms with Gasteiger partial charge in [0.1, 0.15) is 6.61 Å². The number of rotatable bonds is 4. The molecule has 0 aliphatic heterocycles. The molecule has 1 N–H and O–H groups in total. The fourth-order valence-corrected chi connectivity index (χ4v) is 1.87. The van der Waals surface area contributed by atoms with Gasteiger partial charge in [0.15, 0.2) is 6.10 Å². The summed E-state index contributed by atoms with van der Waals surface area (Å²) in [6.45, 7) is 3.63. The molecule has 1 aliphatic rings. The Balaban J connectivity index is 2.33. The smallest absolute Gasteiger partial charge is 0.335 e. The molecule has 0 aromatic carbocycles. The van der Waals surface area contributed by atoms with Crippen molar-refractivity contribution in [2.24, 2.45) is 5.92 Å². The lowest BCUT2D eigenvalue weighted by Gasteiger charge is -2.24. The minimum Gasteiger partial charge on any atom is -0.460 e. The molecule has 1 fully saturated rings. The van der Waals surface area contributed by atoms with Crippen molar-refractivity contribution in [3.05, 3.63) is 12.7 Å². The third-order valence-electron chi connectivity index (χ3n) is 2.68. The lowest BCUT2D eigenvalue weighted by Crippen LogP contribution is -2.32. The third-order valence-corrected chi connectivity index (χ3v) is 2.68. The van der Waals surface area contributed by atoms with Crippen molar-refractivity contribution in [2.75, 3.05) is 6.61 Å². The lowest BCUT2D eigenvalue weighted by molar-refractivity contribution is -0.156. The Bertz CT molecular complexity index is 195. The maximum atomic E-state index is 11.3. The molecule has 1 atom stereocenters. The van der Waals surface area contributed by atoms with E-state index in [4.69, 9.17) is 4.74 Å². The van der Waals surface area contributed by atoms with Crippen LogP contribution >= 0.6 is 0 Å². The highest BCUT2D eigenvalue weighted by Gasteiger charge is 2.28. The number of carbonyl (C=O) groups is 1. The average molecular weight is 198 g/mol. The molecule has 14 heavy (non-hydrogen) atoms. The SMILES string of the molecule is C=CCOC(=O)C(O)C1CCCCC1. The van der Waals surface area contributed by atoms with Crippen molar-refractivity contribution in [1.29, 1.82) is 0 Å². The molecule has 3 heteroatoms. The summed E-state index contributed by atoms with van der Waals surface area (Å²) >= 11 is 0. The highest BCUT2D eigenvalue weighted by molar-refractivity contribution is 5.74. The first kappa shape index (κ1) is 11.2. The second-order valence-corrected chi connectivity index (χ2v) is 3.76. The van der Waals surface area contributed by atoms with Gasteiger partial charge in [0.05, 0.1) is 0 Å². The van der Waals surface area contributed by atoms with Gasteiger partial charge in [-0.1, -0.05) is 31.9 Å². The fraction of sp³-hybridized carbons (Fsp3) is 0.727. The van der Waals surface area contributed by atoms with E-state index in [-0.39, 0.29) is 12.5 Å². The van der Waals surface area contributed by atoms with Crippen LogP contribution in [0.15, 0.2) is 12.7 Å². The third kappa shape index (κ3) is 3.14. The van der Waals surface area contributed by atoms with Crippen LogP contribution in [0.2, 0.25) is 0 Å². The van der Waals surface area contributed by atoms with E-state index in [2.05, 4.69) is 6.58 Å². The highest BCUT2D eigenvalue weighted by Crippen LogP contribution is 2.26. The van der Waals surface area contributed by atoms with Crippen molar-refractivity contribution in [2.45, 2.75) is 38.2 Å². The molecule has 1 saturated carbocycles. The van der Waals surface area contributed by atoms with E-state index in [1.165, 1.54) is 12.5 Å². The maximum absolute atomic E-state index is 11.3. The highest BCUT2D eigenvalue weighted by atomic mass is 16.5. The molecular formula is C11H18O3. The molecule has 3 nitrogen and oxygen atoms in total. The molecule has 0 bridgehead atoms. The van der Waals surface area contributed by atoms with E-state index in [0.29, 0.717) is 0 Å². The zero-order valence-electron chi connectivity index (χ0n) is 8.45. The van der Waals surface area contributed by atoms with Gasteiger partial charge in [0.2, 0.25) is 0 Å². The normalized spacial score (nSPS) is 20.1. The van der Waals surface area contributed by atoms with Crippen molar-refractivity contribution in [1.82, 2.24) is 0 Å². The van der Waals surface area contributed by atoms with Gasteiger partial charge in [-0.2, -0.15) is 0 Å². The quantitative estimate of drug-likeness (QED) is 0.552. The van der Waals surface area contributed by atoms with Crippen molar-refractivity contribution in [3.8, 4) is 0 Å². The summed E-state index contributed by atoms with van der Waals surface area (Å²) in [6.07, 6.45) is 5.87. The topological polar surface area (TPSA) is 46.5 Å². The van der Waals surface area contributed by atoms with E-state index < -0.39 is 12.1 Å². The Labute approximate surface area is 84.8 Å². The van der Waals surface area contributed by atoms with E-state index in [1.54, 1.807) is 0 Å². The molecule has 0 heterocycles. The van der Waals surface area contributed by atoms with Gasteiger partial charge in [0.25, 0.3) is 0 Å².